The van der Waals surface area contributed by atoms with E-state index in [-0.39, 0.29) is 12.1 Å². The molecule has 146 valence electrons. The second-order valence-electron chi connectivity index (χ2n) is 6.33. The van der Waals surface area contributed by atoms with Crippen LogP contribution in [0.25, 0.3) is 22.0 Å². The quantitative estimate of drug-likeness (QED) is 0.542. The number of halogens is 2. The lowest BCUT2D eigenvalue weighted by Gasteiger charge is -2.08. The third-order valence-electron chi connectivity index (χ3n) is 4.40. The number of rotatable bonds is 5. The second kappa shape index (κ2) is 7.48. The molecule has 1 amide bonds. The Kier molecular flexibility index (Phi) is 4.85. The van der Waals surface area contributed by atoms with Crippen molar-refractivity contribution in [2.45, 2.75) is 6.54 Å². The van der Waals surface area contributed by atoms with Gasteiger partial charge in [0.15, 0.2) is 0 Å². The van der Waals surface area contributed by atoms with Crippen LogP contribution >= 0.6 is 11.6 Å². The van der Waals surface area contributed by atoms with Crippen LogP contribution in [0.2, 0.25) is 5.02 Å². The van der Waals surface area contributed by atoms with Gasteiger partial charge in [0, 0.05) is 34.4 Å². The number of fused-ring (bicyclic) bond motifs is 1. The Morgan fingerprint density at radius 1 is 1.14 bits per heavy atom. The van der Waals surface area contributed by atoms with Crippen LogP contribution in [0.15, 0.2) is 48.9 Å². The summed E-state index contributed by atoms with van der Waals surface area (Å²) in [5.74, 6) is -0.142. The summed E-state index contributed by atoms with van der Waals surface area (Å²) in [6.07, 6.45) is 4.78. The monoisotopic (exact) mass is 411 g/mol. The molecule has 0 saturated heterocycles. The number of carbonyl (C=O) groups excluding carboxylic acids is 1. The van der Waals surface area contributed by atoms with Crippen LogP contribution in [0.1, 0.15) is 16.2 Å². The molecule has 2 aromatic carbocycles. The summed E-state index contributed by atoms with van der Waals surface area (Å²) in [4.78, 5) is 20.5. The third-order valence-corrected chi connectivity index (χ3v) is 4.62. The molecule has 0 aliphatic heterocycles. The number of hydrogen-bond donors (Lipinski definition) is 1. The number of methoxy groups -OCH3 is 1. The van der Waals surface area contributed by atoms with E-state index in [1.165, 1.54) is 25.3 Å². The summed E-state index contributed by atoms with van der Waals surface area (Å²) in [5, 5.41) is 5.38. The molecule has 9 heteroatoms. The van der Waals surface area contributed by atoms with Crippen LogP contribution in [0.3, 0.4) is 0 Å². The maximum Gasteiger partial charge on any atom is 0.250 e. The van der Waals surface area contributed by atoms with Crippen molar-refractivity contribution in [1.29, 1.82) is 0 Å². The maximum atomic E-state index is 13.7. The number of aromatic nitrogens is 4. The highest BCUT2D eigenvalue weighted by Crippen LogP contribution is 2.26. The largest absolute Gasteiger partial charge is 0.497 e. The first-order chi connectivity index (χ1) is 13.9. The van der Waals surface area contributed by atoms with Crippen LogP contribution in [-0.2, 0) is 6.54 Å². The van der Waals surface area contributed by atoms with Gasteiger partial charge < -0.3 is 10.5 Å². The minimum Gasteiger partial charge on any atom is -0.497 e. The lowest BCUT2D eigenvalue weighted by atomic mass is 10.1. The Morgan fingerprint density at radius 3 is 2.59 bits per heavy atom. The zero-order chi connectivity index (χ0) is 20.5. The van der Waals surface area contributed by atoms with Gasteiger partial charge in [-0.2, -0.15) is 5.10 Å². The van der Waals surface area contributed by atoms with E-state index in [2.05, 4.69) is 15.1 Å². The Balaban J connectivity index is 1.66. The van der Waals surface area contributed by atoms with E-state index < -0.39 is 11.7 Å². The predicted octanol–water partition coefficient (Wildman–Crippen LogP) is 3.44. The Hall–Kier alpha value is -3.52. The number of amides is 1. The van der Waals surface area contributed by atoms with Crippen molar-refractivity contribution < 1.29 is 13.9 Å². The lowest BCUT2D eigenvalue weighted by molar-refractivity contribution is 0.100. The number of hydrogen-bond acceptors (Lipinski definition) is 5. The topological polar surface area (TPSA) is 95.9 Å². The molecule has 0 spiro atoms. The molecular weight excluding hydrogens is 397 g/mol. The van der Waals surface area contributed by atoms with E-state index in [0.29, 0.717) is 38.6 Å². The number of nitrogens with two attached hydrogens (primary N) is 1. The van der Waals surface area contributed by atoms with Gasteiger partial charge >= 0.3 is 0 Å². The first-order valence-corrected chi connectivity index (χ1v) is 8.93. The molecule has 0 aliphatic carbocycles. The van der Waals surface area contributed by atoms with Gasteiger partial charge in [-0.25, -0.2) is 14.4 Å². The normalized spacial score (nSPS) is 11.0. The fourth-order valence-corrected chi connectivity index (χ4v) is 3.30. The number of ether oxygens (including phenoxy) is 1. The molecule has 2 aromatic heterocycles. The van der Waals surface area contributed by atoms with E-state index in [0.717, 1.165) is 0 Å². The highest BCUT2D eigenvalue weighted by Gasteiger charge is 2.15. The molecular formula is C20H15ClFN5O2. The molecule has 4 rings (SSSR count). The average molecular weight is 412 g/mol. The van der Waals surface area contributed by atoms with Crippen molar-refractivity contribution in [2.24, 2.45) is 5.73 Å². The number of primary amides is 1. The highest BCUT2D eigenvalue weighted by atomic mass is 35.5. The molecule has 2 heterocycles. The zero-order valence-corrected chi connectivity index (χ0v) is 16.0. The van der Waals surface area contributed by atoms with Crippen molar-refractivity contribution in [1.82, 2.24) is 19.7 Å². The number of carbonyl (C=O) groups is 1. The van der Waals surface area contributed by atoms with E-state index in [1.54, 1.807) is 35.4 Å². The summed E-state index contributed by atoms with van der Waals surface area (Å²) < 4.78 is 20.4. The van der Waals surface area contributed by atoms with Crippen molar-refractivity contribution in [3.8, 4) is 16.9 Å². The van der Waals surface area contributed by atoms with Gasteiger partial charge in [-0.15, -0.1) is 0 Å². The first-order valence-electron chi connectivity index (χ1n) is 8.55. The third kappa shape index (κ3) is 3.74. The van der Waals surface area contributed by atoms with E-state index in [9.17, 15) is 9.18 Å². The molecule has 0 bridgehead atoms. The molecule has 7 nitrogen and oxygen atoms in total. The standard InChI is InChI=1S/C20H15ClFN5O2/c1-29-16-4-11(3-15(22)6-16)13-7-24-18(25-8-13)10-27-19-12(9-26-27)2-14(21)5-17(19)20(23)28/h2-9H,10H2,1H3,(H2,23,28). The molecule has 0 atom stereocenters. The second-order valence-corrected chi connectivity index (χ2v) is 6.76. The zero-order valence-electron chi connectivity index (χ0n) is 15.3. The van der Waals surface area contributed by atoms with Crippen molar-refractivity contribution in [2.75, 3.05) is 7.11 Å². The molecule has 0 aliphatic rings. The molecule has 0 radical (unpaired) electrons. The summed E-state index contributed by atoms with van der Waals surface area (Å²) in [7, 11) is 1.47. The van der Waals surface area contributed by atoms with Crippen LogP contribution in [0, 0.1) is 5.82 Å². The van der Waals surface area contributed by atoms with Gasteiger partial charge in [0.1, 0.15) is 23.9 Å². The van der Waals surface area contributed by atoms with Crippen LogP contribution < -0.4 is 10.5 Å². The summed E-state index contributed by atoms with van der Waals surface area (Å²) in [5.41, 5.74) is 7.55. The van der Waals surface area contributed by atoms with Crippen LogP contribution in [0.5, 0.6) is 5.75 Å². The smallest absolute Gasteiger partial charge is 0.250 e. The van der Waals surface area contributed by atoms with Gasteiger partial charge in [0.25, 0.3) is 5.91 Å². The van der Waals surface area contributed by atoms with Gasteiger partial charge in [-0.3, -0.25) is 9.48 Å². The van der Waals surface area contributed by atoms with Crippen LogP contribution in [-0.4, -0.2) is 32.8 Å². The molecule has 0 fully saturated rings. The van der Waals surface area contributed by atoms with Crippen molar-refractivity contribution >= 4 is 28.4 Å². The Labute approximate surface area is 169 Å². The van der Waals surface area contributed by atoms with Crippen LogP contribution in [0.4, 0.5) is 4.39 Å². The Morgan fingerprint density at radius 2 is 1.90 bits per heavy atom. The summed E-state index contributed by atoms with van der Waals surface area (Å²) in [6, 6.07) is 7.58. The lowest BCUT2D eigenvalue weighted by Crippen LogP contribution is -2.14. The molecule has 0 saturated carbocycles. The summed E-state index contributed by atoms with van der Waals surface area (Å²) >= 11 is 6.04. The van der Waals surface area contributed by atoms with Gasteiger partial charge in [-0.1, -0.05) is 11.6 Å². The van der Waals surface area contributed by atoms with Crippen molar-refractivity contribution in [3.05, 3.63) is 71.2 Å². The maximum absolute atomic E-state index is 13.7. The Bertz CT molecular complexity index is 1220. The van der Waals surface area contributed by atoms with E-state index in [1.807, 2.05) is 0 Å². The van der Waals surface area contributed by atoms with Gasteiger partial charge in [0.05, 0.1) is 24.4 Å². The molecule has 0 unspecified atom stereocenters. The predicted molar refractivity (Wildman–Crippen MR) is 106 cm³/mol. The molecule has 2 N–H and O–H groups in total. The van der Waals surface area contributed by atoms with Crippen molar-refractivity contribution in [3.63, 3.8) is 0 Å². The molecule has 4 aromatic rings. The average Bonchev–Trinajstić information content (AvgIpc) is 3.09. The fraction of sp³-hybridized carbons (Fsp3) is 0.100. The minimum atomic E-state index is -0.601. The van der Waals surface area contributed by atoms with Gasteiger partial charge in [-0.05, 0) is 29.8 Å². The van der Waals surface area contributed by atoms with E-state index in [4.69, 9.17) is 22.1 Å². The fourth-order valence-electron chi connectivity index (χ4n) is 3.07. The first kappa shape index (κ1) is 18.8. The van der Waals surface area contributed by atoms with Gasteiger partial charge in [0.2, 0.25) is 0 Å². The number of benzene rings is 2. The van der Waals surface area contributed by atoms with E-state index >= 15 is 0 Å². The number of nitrogens with zero attached hydrogens (tertiary/aromatic N) is 4. The summed E-state index contributed by atoms with van der Waals surface area (Å²) in [6.45, 7) is 0.220. The minimum absolute atomic E-state index is 0.220. The SMILES string of the molecule is COc1cc(F)cc(-c2cnc(Cn3ncc4cc(Cl)cc(C(N)=O)c43)nc2)c1. The highest BCUT2D eigenvalue weighted by molar-refractivity contribution is 6.32. The molecule has 29 heavy (non-hydrogen) atoms.